The Kier molecular flexibility index (Phi) is 15.7. The van der Waals surface area contributed by atoms with Crippen LogP contribution in [-0.4, -0.2) is 96.1 Å². The maximum Gasteiger partial charge on any atom is 0.487 e. The molecule has 4 aromatic rings. The number of hydrogen-bond acceptors (Lipinski definition) is 16. The highest BCUT2D eigenvalue weighted by Crippen LogP contribution is 2.65. The minimum absolute atomic E-state index is 0.0457. The topological polar surface area (TPSA) is 338 Å². The highest BCUT2D eigenvalue weighted by Gasteiger charge is 2.42. The molecule has 0 saturated carbocycles. The molecule has 2 amide bonds. The summed E-state index contributed by atoms with van der Waals surface area (Å²) < 4.78 is 59.6. The smallest absolute Gasteiger partial charge is 0.487 e. The Morgan fingerprint density at radius 2 is 1.73 bits per heavy atom. The van der Waals surface area contributed by atoms with Gasteiger partial charge in [-0.25, -0.2) is 23.2 Å². The van der Waals surface area contributed by atoms with E-state index in [1.807, 2.05) is 24.3 Å². The minimum atomic E-state index is -5.87. The molecule has 0 aliphatic carbocycles. The van der Waals surface area contributed by atoms with E-state index in [1.165, 1.54) is 17.3 Å². The van der Waals surface area contributed by atoms with Crippen LogP contribution in [0.2, 0.25) is 0 Å². The highest BCUT2D eigenvalue weighted by atomic mass is 31.3. The number of fused-ring (bicyclic) bond motifs is 4. The highest BCUT2D eigenvalue weighted by molar-refractivity contribution is 7.66. The van der Waals surface area contributed by atoms with E-state index in [4.69, 9.17) is 20.1 Å². The van der Waals surface area contributed by atoms with E-state index in [0.717, 1.165) is 50.4 Å². The summed E-state index contributed by atoms with van der Waals surface area (Å²) in [5, 5.41) is 18.9. The van der Waals surface area contributed by atoms with Crippen LogP contribution < -0.4 is 47.3 Å². The fraction of sp³-hybridized carbons (Fsp3) is 0.449. The van der Waals surface area contributed by atoms with Crippen LogP contribution in [0, 0.1) is 11.8 Å². The molecule has 3 aromatic carbocycles. The number of carbonyl (C=O) groups is 2. The second-order valence-corrected chi connectivity index (χ2v) is 24.9. The molecule has 9 N–H and O–H groups in total. The Bertz CT molecular complexity index is 3370. The molecular formula is C49H60N7O16P3. The number of nitrogens with one attached hydrogen (secondary N) is 3. The molecule has 1 fully saturated rings. The summed E-state index contributed by atoms with van der Waals surface area (Å²) >= 11 is 0. The Balaban J connectivity index is 0.919. The number of nitrogens with zero attached hydrogens (tertiary/aromatic N) is 3. The van der Waals surface area contributed by atoms with Gasteiger partial charge >= 0.3 is 21.3 Å². The predicted molar refractivity (Wildman–Crippen MR) is 269 cm³/mol. The SMILES string of the molecule is CC1CC(C)(C)Nc2cc3c(cc21)C(c1ccccc1C(=O)N(C)CCCC(=O)NCC#Cc1cn([C@H]2C[C@H](O)[C@@H](COP(=O)(O)OP(=O)(O)OP(=O)([O-])O)O2)c(=O)nc1N)=c1cc2c(cc1O3)=[NH+]C(C)(C)CC2C. The second-order valence-electron chi connectivity index (χ2n) is 20.6. The molecule has 5 heterocycles. The lowest BCUT2D eigenvalue weighted by Gasteiger charge is -2.38. The van der Waals surface area contributed by atoms with Crippen molar-refractivity contribution in [3.63, 3.8) is 0 Å². The Morgan fingerprint density at radius 3 is 2.47 bits per heavy atom. The number of benzene rings is 3. The minimum Gasteiger partial charge on any atom is -0.756 e. The normalized spacial score (nSPS) is 23.3. The molecule has 8 atom stereocenters. The number of aliphatic hydroxyl groups excluding tert-OH is 1. The van der Waals surface area contributed by atoms with Crippen LogP contribution in [0.4, 0.5) is 11.5 Å². The van der Waals surface area contributed by atoms with Gasteiger partial charge in [0, 0.05) is 83.8 Å². The lowest BCUT2D eigenvalue weighted by atomic mass is 9.79. The molecule has 4 aliphatic rings. The summed E-state index contributed by atoms with van der Waals surface area (Å²) in [6.07, 6.45) is -0.938. The monoisotopic (exact) mass is 1100 g/mol. The third-order valence-electron chi connectivity index (χ3n) is 13.3. The number of nitrogen functional groups attached to an aromatic ring is 1. The standard InChI is InChI=1S/C49H60N7O16P3/c1-27-23-48(3,4)53-36-20-39-34(18-32(27)36)44(35-19-33-28(2)24-49(5,6)54-37(33)21-40(35)69-39)30-13-8-9-14-31(30)46(59)55(7)17-11-15-42(58)51-16-10-12-29-25-56(47(60)52-45(29)50)43-22-38(57)41(70-43)26-68-74(64,65)72-75(66,67)71-73(61,62)63/h8-9,13-14,18-21,25,27-28,38,41,43,53,57H,11,15-17,22-24,26H2,1-7H3,(H,51,58)(H,64,65)(H,66,67)(H2,50,52,60)(H2,61,62,63)/t27?,28?,38-,41+,43+/m0/s1. The Hall–Kier alpha value is -5.56. The third-order valence-corrected chi connectivity index (χ3v) is 17.1. The zero-order chi connectivity index (χ0) is 54.6. The van der Waals surface area contributed by atoms with Gasteiger partial charge in [0.2, 0.25) is 11.3 Å². The number of aliphatic hydroxyl groups is 1. The lowest BCUT2D eigenvalue weighted by molar-refractivity contribution is -0.588. The van der Waals surface area contributed by atoms with Gasteiger partial charge in [-0.3, -0.25) is 23.2 Å². The molecule has 75 heavy (non-hydrogen) atoms. The molecule has 402 valence electrons. The average Bonchev–Trinajstić information content (AvgIpc) is 3.65. The molecule has 23 nitrogen and oxygen atoms in total. The molecule has 0 spiro atoms. The maximum atomic E-state index is 14.5. The number of aromatic nitrogens is 2. The van der Waals surface area contributed by atoms with Gasteiger partial charge in [0.05, 0.1) is 30.9 Å². The van der Waals surface area contributed by atoms with Crippen molar-refractivity contribution in [2.75, 3.05) is 37.8 Å². The Labute approximate surface area is 431 Å². The van der Waals surface area contributed by atoms with Gasteiger partial charge in [-0.1, -0.05) is 43.9 Å². The molecule has 5 unspecified atom stereocenters. The maximum absolute atomic E-state index is 14.5. The van der Waals surface area contributed by atoms with Crippen molar-refractivity contribution in [3.05, 3.63) is 109 Å². The first-order chi connectivity index (χ1) is 35.0. The van der Waals surface area contributed by atoms with E-state index >= 15 is 0 Å². The number of phosphoric ester groups is 1. The van der Waals surface area contributed by atoms with Gasteiger partial charge in [-0.05, 0) is 81.7 Å². The summed E-state index contributed by atoms with van der Waals surface area (Å²) in [4.78, 5) is 87.8. The van der Waals surface area contributed by atoms with Crippen molar-refractivity contribution in [3.8, 4) is 23.3 Å². The zero-order valence-corrected chi connectivity index (χ0v) is 44.9. The quantitative estimate of drug-likeness (QED) is 0.0550. The first-order valence-corrected chi connectivity index (χ1v) is 28.5. The summed E-state index contributed by atoms with van der Waals surface area (Å²) in [5.74, 6) is 6.58. The average molecular weight is 1100 g/mol. The fourth-order valence-electron chi connectivity index (χ4n) is 10.2. The van der Waals surface area contributed by atoms with Gasteiger partial charge < -0.3 is 55.4 Å². The molecule has 1 saturated heterocycles. The van der Waals surface area contributed by atoms with Crippen molar-refractivity contribution in [1.29, 1.82) is 0 Å². The largest absolute Gasteiger partial charge is 0.756 e. The third kappa shape index (κ3) is 13.0. The molecule has 8 rings (SSSR count). The van der Waals surface area contributed by atoms with Crippen molar-refractivity contribution < 1.29 is 75.6 Å². The summed E-state index contributed by atoms with van der Waals surface area (Å²) in [6.45, 7) is 12.4. The van der Waals surface area contributed by atoms with Crippen LogP contribution in [-0.2, 0) is 36.4 Å². The van der Waals surface area contributed by atoms with E-state index in [-0.39, 0.29) is 72.0 Å². The van der Waals surface area contributed by atoms with Gasteiger partial charge in [0.1, 0.15) is 29.6 Å². The van der Waals surface area contributed by atoms with Crippen LogP contribution in [0.5, 0.6) is 11.5 Å². The first-order valence-electron chi connectivity index (χ1n) is 24.0. The van der Waals surface area contributed by atoms with Crippen LogP contribution in [0.25, 0.3) is 5.57 Å². The van der Waals surface area contributed by atoms with Crippen molar-refractivity contribution in [1.82, 2.24) is 19.8 Å². The van der Waals surface area contributed by atoms with Gasteiger partial charge in [0.25, 0.3) is 13.7 Å². The summed E-state index contributed by atoms with van der Waals surface area (Å²) in [6, 6.07) is 16.2. The molecule has 26 heteroatoms. The first kappa shape index (κ1) is 55.7. The molecule has 4 aliphatic heterocycles. The van der Waals surface area contributed by atoms with Crippen LogP contribution in [0.3, 0.4) is 0 Å². The fourth-order valence-corrected chi connectivity index (χ4v) is 13.2. The van der Waals surface area contributed by atoms with Crippen molar-refractivity contribution in [2.45, 2.75) is 115 Å². The second kappa shape index (κ2) is 21.1. The molecule has 0 bridgehead atoms. The number of anilines is 2. The number of carbonyl (C=O) groups excluding carboxylic acids is 2. The van der Waals surface area contributed by atoms with E-state index in [2.05, 4.69) is 111 Å². The summed E-state index contributed by atoms with van der Waals surface area (Å²) in [7, 11) is -15.6. The number of hydrogen-bond donors (Lipinski definition) is 8. The van der Waals surface area contributed by atoms with Crippen molar-refractivity contribution >= 4 is 52.4 Å². The summed E-state index contributed by atoms with van der Waals surface area (Å²) in [5.41, 5.74) is 11.3. The van der Waals surface area contributed by atoms with E-state index in [0.29, 0.717) is 23.5 Å². The van der Waals surface area contributed by atoms with Crippen LogP contribution in [0.1, 0.15) is 130 Å². The van der Waals surface area contributed by atoms with Gasteiger partial charge in [-0.2, -0.15) is 9.29 Å². The number of phosphoric acid groups is 3. The van der Waals surface area contributed by atoms with E-state index in [1.54, 1.807) is 11.9 Å². The number of amides is 2. The molecule has 0 radical (unpaired) electrons. The molecular weight excluding hydrogens is 1040 g/mol. The number of nitrogens with two attached hydrogens (primary N) is 1. The molecule has 1 aromatic heterocycles. The van der Waals surface area contributed by atoms with Crippen molar-refractivity contribution in [2.24, 2.45) is 0 Å². The predicted octanol–water partition coefficient (Wildman–Crippen LogP) is 2.24. The van der Waals surface area contributed by atoms with E-state index in [9.17, 15) is 47.9 Å². The van der Waals surface area contributed by atoms with Crippen LogP contribution in [0.15, 0.2) is 59.5 Å². The van der Waals surface area contributed by atoms with E-state index < -0.39 is 54.2 Å². The van der Waals surface area contributed by atoms with Gasteiger partial charge in [-0.15, -0.1) is 0 Å². The number of rotatable bonds is 15. The number of ether oxygens (including phenoxy) is 2. The Morgan fingerprint density at radius 1 is 1.01 bits per heavy atom. The lowest BCUT2D eigenvalue weighted by Crippen LogP contribution is -2.90. The zero-order valence-electron chi connectivity index (χ0n) is 42.2. The van der Waals surface area contributed by atoms with Crippen LogP contribution >= 0.6 is 23.5 Å². The van der Waals surface area contributed by atoms with Gasteiger partial charge in [0.15, 0.2) is 5.54 Å².